The van der Waals surface area contributed by atoms with Crippen molar-refractivity contribution >= 4 is 28.7 Å². The van der Waals surface area contributed by atoms with E-state index in [0.29, 0.717) is 35.5 Å². The fourth-order valence-electron chi connectivity index (χ4n) is 3.22. The first-order valence-electron chi connectivity index (χ1n) is 8.69. The molecular weight excluding hydrogens is 320 g/mol. The summed E-state index contributed by atoms with van der Waals surface area (Å²) in [5.74, 6) is -0.950. The maximum Gasteiger partial charge on any atom is 0.306 e. The lowest BCUT2D eigenvalue weighted by atomic mass is 9.81. The molecule has 2 aromatic rings. The number of carbonyl (C=O) groups excluding carboxylic acids is 1. The number of carboxylic acid groups (broad SMARTS) is 1. The number of oxazole rings is 1. The van der Waals surface area contributed by atoms with Crippen LogP contribution in [0.2, 0.25) is 0 Å². The van der Waals surface area contributed by atoms with E-state index in [1.54, 1.807) is 18.2 Å². The van der Waals surface area contributed by atoms with Crippen molar-refractivity contribution in [3.8, 4) is 0 Å². The van der Waals surface area contributed by atoms with Crippen molar-refractivity contribution in [1.29, 1.82) is 0 Å². The maximum absolute atomic E-state index is 12.5. The van der Waals surface area contributed by atoms with E-state index in [-0.39, 0.29) is 17.2 Å². The monoisotopic (exact) mass is 344 g/mol. The molecule has 2 N–H and O–H groups in total. The van der Waals surface area contributed by atoms with Crippen LogP contribution in [0.5, 0.6) is 0 Å². The molecule has 2 unspecified atom stereocenters. The number of hydrogen-bond donors (Lipinski definition) is 2. The Morgan fingerprint density at radius 2 is 1.96 bits per heavy atom. The highest BCUT2D eigenvalue weighted by molar-refractivity contribution is 5.94. The topological polar surface area (TPSA) is 92.4 Å². The van der Waals surface area contributed by atoms with Crippen molar-refractivity contribution in [1.82, 2.24) is 4.98 Å². The third-order valence-electron chi connectivity index (χ3n) is 4.69. The molecule has 1 aromatic heterocycles. The molecule has 1 amide bonds. The van der Waals surface area contributed by atoms with E-state index in [4.69, 9.17) is 9.52 Å². The van der Waals surface area contributed by atoms with Gasteiger partial charge in [0.1, 0.15) is 5.52 Å². The highest BCUT2D eigenvalue weighted by Crippen LogP contribution is 2.31. The predicted molar refractivity (Wildman–Crippen MR) is 94.4 cm³/mol. The van der Waals surface area contributed by atoms with Crippen LogP contribution in [-0.4, -0.2) is 22.0 Å². The molecule has 1 fully saturated rings. The zero-order chi connectivity index (χ0) is 18.2. The molecule has 1 aliphatic rings. The number of aliphatic carboxylic acids is 1. The number of hydrogen-bond acceptors (Lipinski definition) is 4. The van der Waals surface area contributed by atoms with Crippen molar-refractivity contribution in [3.63, 3.8) is 0 Å². The standard InChI is InChI=1S/C19H24N2O4/c1-19(2,3)18-21-14-10-13(7-8-15(14)25-18)20-16(22)11-5-4-6-12(9-11)17(23)24/h7-8,10-12H,4-6,9H2,1-3H3,(H,20,22)(H,23,24). The van der Waals surface area contributed by atoms with E-state index < -0.39 is 11.9 Å². The molecule has 134 valence electrons. The van der Waals surface area contributed by atoms with Gasteiger partial charge in [-0.25, -0.2) is 4.98 Å². The maximum atomic E-state index is 12.5. The molecule has 1 aliphatic carbocycles. The number of aromatic nitrogens is 1. The number of amides is 1. The molecule has 6 heteroatoms. The normalized spacial score (nSPS) is 21.2. The summed E-state index contributed by atoms with van der Waals surface area (Å²) in [4.78, 5) is 28.2. The summed E-state index contributed by atoms with van der Waals surface area (Å²) < 4.78 is 5.76. The number of rotatable bonds is 3. The zero-order valence-corrected chi connectivity index (χ0v) is 14.8. The minimum atomic E-state index is -0.809. The Morgan fingerprint density at radius 3 is 2.64 bits per heavy atom. The Hall–Kier alpha value is -2.37. The molecule has 0 aliphatic heterocycles. The van der Waals surface area contributed by atoms with E-state index >= 15 is 0 Å². The second-order valence-electron chi connectivity index (χ2n) is 7.84. The number of nitrogens with one attached hydrogen (secondary N) is 1. The van der Waals surface area contributed by atoms with Gasteiger partial charge in [0, 0.05) is 17.0 Å². The molecule has 25 heavy (non-hydrogen) atoms. The van der Waals surface area contributed by atoms with Gasteiger partial charge < -0.3 is 14.8 Å². The highest BCUT2D eigenvalue weighted by Gasteiger charge is 2.31. The molecule has 2 atom stereocenters. The Kier molecular flexibility index (Phi) is 4.54. The second kappa shape index (κ2) is 6.50. The Morgan fingerprint density at radius 1 is 1.24 bits per heavy atom. The van der Waals surface area contributed by atoms with Gasteiger partial charge >= 0.3 is 5.97 Å². The summed E-state index contributed by atoms with van der Waals surface area (Å²) in [5, 5.41) is 12.1. The number of anilines is 1. The van der Waals surface area contributed by atoms with Crippen LogP contribution < -0.4 is 5.32 Å². The Labute approximate surface area is 146 Å². The minimum Gasteiger partial charge on any atom is -0.481 e. The molecule has 1 saturated carbocycles. The predicted octanol–water partition coefficient (Wildman–Crippen LogP) is 3.95. The molecule has 3 rings (SSSR count). The van der Waals surface area contributed by atoms with Crippen molar-refractivity contribution < 1.29 is 19.1 Å². The van der Waals surface area contributed by atoms with Crippen LogP contribution in [-0.2, 0) is 15.0 Å². The third kappa shape index (κ3) is 3.83. The van der Waals surface area contributed by atoms with Gasteiger partial charge in [0.2, 0.25) is 11.8 Å². The van der Waals surface area contributed by atoms with Gasteiger partial charge in [0.25, 0.3) is 0 Å². The summed E-state index contributed by atoms with van der Waals surface area (Å²) in [6.07, 6.45) is 2.56. The van der Waals surface area contributed by atoms with Gasteiger partial charge in [0.05, 0.1) is 5.92 Å². The smallest absolute Gasteiger partial charge is 0.306 e. The third-order valence-corrected chi connectivity index (χ3v) is 4.69. The first-order valence-corrected chi connectivity index (χ1v) is 8.69. The first-order chi connectivity index (χ1) is 11.7. The molecule has 0 spiro atoms. The van der Waals surface area contributed by atoms with Crippen molar-refractivity contribution in [2.45, 2.75) is 51.9 Å². The number of nitrogens with zero attached hydrogens (tertiary/aromatic N) is 1. The first kappa shape index (κ1) is 17.5. The Balaban J connectivity index is 1.74. The Bertz CT molecular complexity index is 803. The van der Waals surface area contributed by atoms with Crippen LogP contribution in [0.1, 0.15) is 52.3 Å². The van der Waals surface area contributed by atoms with E-state index in [1.807, 2.05) is 20.8 Å². The van der Waals surface area contributed by atoms with Crippen molar-refractivity contribution in [3.05, 3.63) is 24.1 Å². The molecular formula is C19H24N2O4. The lowest BCUT2D eigenvalue weighted by Crippen LogP contribution is -2.30. The summed E-state index contributed by atoms with van der Waals surface area (Å²) >= 11 is 0. The van der Waals surface area contributed by atoms with Crippen LogP contribution in [0.3, 0.4) is 0 Å². The van der Waals surface area contributed by atoms with E-state index in [2.05, 4.69) is 10.3 Å². The highest BCUT2D eigenvalue weighted by atomic mass is 16.4. The van der Waals surface area contributed by atoms with Crippen LogP contribution in [0.25, 0.3) is 11.1 Å². The van der Waals surface area contributed by atoms with Gasteiger partial charge in [-0.1, -0.05) is 27.2 Å². The number of carbonyl (C=O) groups is 2. The van der Waals surface area contributed by atoms with Gasteiger partial charge in [-0.3, -0.25) is 9.59 Å². The van der Waals surface area contributed by atoms with Gasteiger partial charge in [-0.2, -0.15) is 0 Å². The number of fused-ring (bicyclic) bond motifs is 1. The van der Waals surface area contributed by atoms with E-state index in [9.17, 15) is 9.59 Å². The SMILES string of the molecule is CC(C)(C)c1nc2cc(NC(=O)C3CCCC(C(=O)O)C3)ccc2o1. The van der Waals surface area contributed by atoms with E-state index in [0.717, 1.165) is 12.8 Å². The molecule has 0 radical (unpaired) electrons. The van der Waals surface area contributed by atoms with Crippen LogP contribution in [0.15, 0.2) is 22.6 Å². The summed E-state index contributed by atoms with van der Waals surface area (Å²) in [7, 11) is 0. The number of benzene rings is 1. The number of carboxylic acids is 1. The fraction of sp³-hybridized carbons (Fsp3) is 0.526. The second-order valence-corrected chi connectivity index (χ2v) is 7.84. The molecule has 1 heterocycles. The zero-order valence-electron chi connectivity index (χ0n) is 14.8. The lowest BCUT2D eigenvalue weighted by molar-refractivity contribution is -0.143. The van der Waals surface area contributed by atoms with Crippen molar-refractivity contribution in [2.24, 2.45) is 11.8 Å². The quantitative estimate of drug-likeness (QED) is 0.879. The van der Waals surface area contributed by atoms with Crippen LogP contribution in [0, 0.1) is 11.8 Å². The van der Waals surface area contributed by atoms with Gasteiger partial charge in [-0.15, -0.1) is 0 Å². The fourth-order valence-corrected chi connectivity index (χ4v) is 3.22. The summed E-state index contributed by atoms with van der Waals surface area (Å²) in [6, 6.07) is 5.38. The summed E-state index contributed by atoms with van der Waals surface area (Å²) in [5.41, 5.74) is 1.86. The van der Waals surface area contributed by atoms with E-state index in [1.165, 1.54) is 0 Å². The average Bonchev–Trinajstić information content (AvgIpc) is 2.98. The average molecular weight is 344 g/mol. The van der Waals surface area contributed by atoms with Crippen LogP contribution >= 0.6 is 0 Å². The van der Waals surface area contributed by atoms with Gasteiger partial charge in [0.15, 0.2) is 5.58 Å². The lowest BCUT2D eigenvalue weighted by Gasteiger charge is -2.25. The summed E-state index contributed by atoms with van der Waals surface area (Å²) in [6.45, 7) is 6.09. The molecule has 0 saturated heterocycles. The minimum absolute atomic E-state index is 0.121. The molecule has 6 nitrogen and oxygen atoms in total. The van der Waals surface area contributed by atoms with Crippen molar-refractivity contribution in [2.75, 3.05) is 5.32 Å². The largest absolute Gasteiger partial charge is 0.481 e. The molecule has 1 aromatic carbocycles. The van der Waals surface area contributed by atoms with Gasteiger partial charge in [-0.05, 0) is 37.5 Å². The molecule has 0 bridgehead atoms. The van der Waals surface area contributed by atoms with Crippen LogP contribution in [0.4, 0.5) is 5.69 Å².